The van der Waals surface area contributed by atoms with E-state index >= 15 is 0 Å². The number of rotatable bonds is 4. The highest BCUT2D eigenvalue weighted by atomic mass is 35.5. The quantitative estimate of drug-likeness (QED) is 0.847. The molecule has 0 unspecified atom stereocenters. The predicted octanol–water partition coefficient (Wildman–Crippen LogP) is 4.35. The minimum atomic E-state index is -0.421. The van der Waals surface area contributed by atoms with Gasteiger partial charge in [-0.3, -0.25) is 0 Å². The molecular weight excluding hydrogens is 320 g/mol. The lowest BCUT2D eigenvalue weighted by Crippen LogP contribution is -2.10. The van der Waals surface area contributed by atoms with Crippen LogP contribution in [-0.2, 0) is 6.61 Å². The molecule has 0 aliphatic heterocycles. The summed E-state index contributed by atoms with van der Waals surface area (Å²) in [6.07, 6.45) is 0. The van der Waals surface area contributed by atoms with E-state index in [0.717, 1.165) is 0 Å². The van der Waals surface area contributed by atoms with Crippen LogP contribution >= 0.6 is 35.4 Å². The van der Waals surface area contributed by atoms with E-state index in [0.29, 0.717) is 26.9 Å². The van der Waals surface area contributed by atoms with Gasteiger partial charge in [-0.1, -0.05) is 47.6 Å². The maximum atomic E-state index is 13.8. The molecule has 6 heteroatoms. The van der Waals surface area contributed by atoms with Crippen LogP contribution in [-0.4, -0.2) is 4.99 Å². The molecule has 0 atom stereocenters. The van der Waals surface area contributed by atoms with Gasteiger partial charge in [-0.05, 0) is 18.2 Å². The topological polar surface area (TPSA) is 35.2 Å². The van der Waals surface area contributed by atoms with E-state index < -0.39 is 5.82 Å². The molecule has 20 heavy (non-hydrogen) atoms. The highest BCUT2D eigenvalue weighted by molar-refractivity contribution is 7.80. The second-order valence-corrected chi connectivity index (χ2v) is 5.29. The zero-order valence-corrected chi connectivity index (χ0v) is 12.5. The first-order valence-corrected chi connectivity index (χ1v) is 6.80. The van der Waals surface area contributed by atoms with Crippen LogP contribution in [0.4, 0.5) is 4.39 Å². The molecule has 0 heterocycles. The maximum absolute atomic E-state index is 13.8. The molecule has 0 aromatic heterocycles. The number of nitrogens with two attached hydrogens (primary N) is 1. The van der Waals surface area contributed by atoms with Crippen LogP contribution in [0.25, 0.3) is 0 Å². The second-order valence-electron chi connectivity index (χ2n) is 4.04. The Hall–Kier alpha value is -1.36. The van der Waals surface area contributed by atoms with Crippen molar-refractivity contribution in [2.75, 3.05) is 0 Å². The van der Waals surface area contributed by atoms with Crippen molar-refractivity contribution in [3.63, 3.8) is 0 Å². The van der Waals surface area contributed by atoms with E-state index in [4.69, 9.17) is 45.9 Å². The maximum Gasteiger partial charge on any atom is 0.130 e. The average Bonchev–Trinajstić information content (AvgIpc) is 2.41. The molecule has 2 nitrogen and oxygen atoms in total. The molecule has 0 amide bonds. The number of benzene rings is 2. The molecule has 2 rings (SSSR count). The molecule has 0 aliphatic carbocycles. The fourth-order valence-electron chi connectivity index (χ4n) is 1.55. The largest absolute Gasteiger partial charge is 0.489 e. The number of thiocarbonyl (C=S) groups is 1. The molecule has 0 saturated heterocycles. The van der Waals surface area contributed by atoms with Gasteiger partial charge in [0.2, 0.25) is 0 Å². The first-order chi connectivity index (χ1) is 9.47. The molecule has 0 radical (unpaired) electrons. The monoisotopic (exact) mass is 329 g/mol. The van der Waals surface area contributed by atoms with Gasteiger partial charge < -0.3 is 10.5 Å². The Morgan fingerprint density at radius 1 is 1.15 bits per heavy atom. The summed E-state index contributed by atoms with van der Waals surface area (Å²) >= 11 is 16.5. The Balaban J connectivity index is 2.10. The van der Waals surface area contributed by atoms with Crippen molar-refractivity contribution in [2.45, 2.75) is 6.61 Å². The van der Waals surface area contributed by atoms with Gasteiger partial charge in [0, 0.05) is 17.2 Å². The summed E-state index contributed by atoms with van der Waals surface area (Å²) in [5.74, 6) is 0.0904. The fourth-order valence-corrected chi connectivity index (χ4v) is 1.96. The molecule has 0 bridgehead atoms. The number of ether oxygens (including phenoxy) is 1. The minimum Gasteiger partial charge on any atom is -0.489 e. The molecule has 2 N–H and O–H groups in total. The third-order valence-electron chi connectivity index (χ3n) is 2.62. The summed E-state index contributed by atoms with van der Waals surface area (Å²) < 4.78 is 19.3. The van der Waals surface area contributed by atoms with Gasteiger partial charge in [0.05, 0.1) is 10.0 Å². The van der Waals surface area contributed by atoms with Gasteiger partial charge in [-0.25, -0.2) is 4.39 Å². The highest BCUT2D eigenvalue weighted by Crippen LogP contribution is 2.27. The van der Waals surface area contributed by atoms with Crippen LogP contribution < -0.4 is 10.5 Å². The van der Waals surface area contributed by atoms with E-state index in [9.17, 15) is 4.39 Å². The first kappa shape index (κ1) is 15.0. The molecule has 2 aromatic rings. The lowest BCUT2D eigenvalue weighted by molar-refractivity contribution is 0.300. The van der Waals surface area contributed by atoms with Crippen LogP contribution in [0.15, 0.2) is 36.4 Å². The lowest BCUT2D eigenvalue weighted by atomic mass is 10.1. The van der Waals surface area contributed by atoms with E-state index in [2.05, 4.69) is 0 Å². The second kappa shape index (κ2) is 6.39. The summed E-state index contributed by atoms with van der Waals surface area (Å²) in [4.78, 5) is 0.154. The lowest BCUT2D eigenvalue weighted by Gasteiger charge is -2.09. The summed E-state index contributed by atoms with van der Waals surface area (Å²) in [6.45, 7) is 0.0708. The van der Waals surface area contributed by atoms with E-state index in [1.54, 1.807) is 30.3 Å². The molecule has 0 fully saturated rings. The van der Waals surface area contributed by atoms with Gasteiger partial charge in [0.1, 0.15) is 23.2 Å². The van der Waals surface area contributed by atoms with Gasteiger partial charge in [-0.15, -0.1) is 0 Å². The van der Waals surface area contributed by atoms with Gasteiger partial charge >= 0.3 is 0 Å². The van der Waals surface area contributed by atoms with E-state index in [-0.39, 0.29) is 11.6 Å². The van der Waals surface area contributed by atoms with Crippen molar-refractivity contribution in [1.82, 2.24) is 0 Å². The van der Waals surface area contributed by atoms with Crippen molar-refractivity contribution < 1.29 is 9.13 Å². The van der Waals surface area contributed by atoms with Crippen molar-refractivity contribution in [2.24, 2.45) is 5.73 Å². The Morgan fingerprint density at radius 3 is 2.50 bits per heavy atom. The standard InChI is InChI=1S/C14H10Cl2FNOS/c15-11-4-3-10(6-12(11)16)19-7-9-2-1-8(14(18)20)5-13(9)17/h1-6H,7H2,(H2,18,20). The molecule has 0 spiro atoms. The molecule has 0 aliphatic rings. The summed E-state index contributed by atoms with van der Waals surface area (Å²) in [7, 11) is 0. The zero-order chi connectivity index (χ0) is 14.7. The smallest absolute Gasteiger partial charge is 0.130 e. The van der Waals surface area contributed by atoms with E-state index in [1.165, 1.54) is 6.07 Å². The molecule has 104 valence electrons. The average molecular weight is 330 g/mol. The van der Waals surface area contributed by atoms with Crippen molar-refractivity contribution >= 4 is 40.4 Å². The van der Waals surface area contributed by atoms with Gasteiger partial charge in [-0.2, -0.15) is 0 Å². The van der Waals surface area contributed by atoms with Crippen LogP contribution in [0.5, 0.6) is 5.75 Å². The Kier molecular flexibility index (Phi) is 4.81. The Bertz CT molecular complexity index is 664. The van der Waals surface area contributed by atoms with Gasteiger partial charge in [0.15, 0.2) is 0 Å². The first-order valence-electron chi connectivity index (χ1n) is 5.63. The van der Waals surface area contributed by atoms with Crippen molar-refractivity contribution in [3.05, 3.63) is 63.4 Å². The summed E-state index contributed by atoms with van der Waals surface area (Å²) in [5, 5.41) is 0.819. The fraction of sp³-hybridized carbons (Fsp3) is 0.0714. The summed E-state index contributed by atoms with van der Waals surface area (Å²) in [5.41, 5.74) is 6.32. The van der Waals surface area contributed by atoms with Crippen molar-refractivity contribution in [1.29, 1.82) is 0 Å². The molecular formula is C14H10Cl2FNOS. The number of hydrogen-bond acceptors (Lipinski definition) is 2. The van der Waals surface area contributed by atoms with Crippen LogP contribution in [0.3, 0.4) is 0 Å². The SMILES string of the molecule is NC(=S)c1ccc(COc2ccc(Cl)c(Cl)c2)c(F)c1. The number of hydrogen-bond donors (Lipinski definition) is 1. The van der Waals surface area contributed by atoms with Crippen LogP contribution in [0, 0.1) is 5.82 Å². The number of halogens is 3. The van der Waals surface area contributed by atoms with Gasteiger partial charge in [0.25, 0.3) is 0 Å². The normalized spacial score (nSPS) is 10.3. The van der Waals surface area contributed by atoms with E-state index in [1.807, 2.05) is 0 Å². The van der Waals surface area contributed by atoms with Crippen LogP contribution in [0.2, 0.25) is 10.0 Å². The Labute approximate surface area is 131 Å². The summed E-state index contributed by atoms with van der Waals surface area (Å²) in [6, 6.07) is 9.38. The molecule has 2 aromatic carbocycles. The highest BCUT2D eigenvalue weighted by Gasteiger charge is 2.07. The molecule has 0 saturated carbocycles. The zero-order valence-electron chi connectivity index (χ0n) is 10.2. The van der Waals surface area contributed by atoms with Crippen LogP contribution in [0.1, 0.15) is 11.1 Å². The minimum absolute atomic E-state index is 0.0708. The third kappa shape index (κ3) is 3.60. The van der Waals surface area contributed by atoms with Crippen molar-refractivity contribution in [3.8, 4) is 5.75 Å². The predicted molar refractivity (Wildman–Crippen MR) is 83.1 cm³/mol. The third-order valence-corrected chi connectivity index (χ3v) is 3.60. The Morgan fingerprint density at radius 2 is 1.90 bits per heavy atom.